The molecule has 1 nitrogen and oxygen atoms in total. The molecule has 0 heterocycles. The van der Waals surface area contributed by atoms with Gasteiger partial charge in [-0.1, -0.05) is 40.5 Å². The summed E-state index contributed by atoms with van der Waals surface area (Å²) in [5, 5.41) is 0.233. The molecule has 82 valence electrons. The first kappa shape index (κ1) is 13.7. The van der Waals surface area contributed by atoms with E-state index < -0.39 is 8.32 Å². The fourth-order valence-corrected chi connectivity index (χ4v) is 2.19. The highest BCUT2D eigenvalue weighted by Gasteiger charge is 2.39. The number of rotatable bonds is 3. The summed E-state index contributed by atoms with van der Waals surface area (Å²) in [6.07, 6.45) is 5.44. The molecule has 0 aliphatic heterocycles. The van der Waals surface area contributed by atoms with Crippen molar-refractivity contribution in [2.45, 2.75) is 58.9 Å². The van der Waals surface area contributed by atoms with Gasteiger partial charge in [-0.2, -0.15) is 0 Å². The number of terminal acetylenes is 1. The van der Waals surface area contributed by atoms with Crippen LogP contribution in [0.4, 0.5) is 0 Å². The van der Waals surface area contributed by atoms with E-state index in [-0.39, 0.29) is 11.1 Å². The van der Waals surface area contributed by atoms with Crippen LogP contribution in [0.25, 0.3) is 0 Å². The number of hydrogen-bond acceptors (Lipinski definition) is 1. The standard InChI is InChI=1S/C12H24OSi/c1-9-11(10(2)3)13-14(7,8)12(4,5)6/h1,10-11H,2-8H3/t11-/m1/s1. The second-order valence-corrected chi connectivity index (χ2v) is 10.5. The average Bonchev–Trinajstić information content (AvgIpc) is 1.97. The molecule has 0 unspecified atom stereocenters. The molecule has 14 heavy (non-hydrogen) atoms. The molecular weight excluding hydrogens is 188 g/mol. The van der Waals surface area contributed by atoms with E-state index in [1.165, 1.54) is 0 Å². The van der Waals surface area contributed by atoms with Gasteiger partial charge in [0.05, 0.1) is 0 Å². The molecule has 0 aromatic heterocycles. The van der Waals surface area contributed by atoms with Crippen LogP contribution in [0.15, 0.2) is 0 Å². The van der Waals surface area contributed by atoms with Gasteiger partial charge in [0.1, 0.15) is 6.10 Å². The first-order valence-corrected chi connectivity index (χ1v) is 8.16. The molecule has 0 aliphatic carbocycles. The van der Waals surface area contributed by atoms with Crippen LogP contribution in [0.5, 0.6) is 0 Å². The smallest absolute Gasteiger partial charge is 0.193 e. The summed E-state index contributed by atoms with van der Waals surface area (Å²) in [6, 6.07) is 0. The quantitative estimate of drug-likeness (QED) is 0.512. The van der Waals surface area contributed by atoms with Gasteiger partial charge in [0.2, 0.25) is 0 Å². The molecular formula is C12H24OSi. The van der Waals surface area contributed by atoms with Crippen LogP contribution in [0.1, 0.15) is 34.6 Å². The van der Waals surface area contributed by atoms with E-state index in [9.17, 15) is 0 Å². The lowest BCUT2D eigenvalue weighted by Crippen LogP contribution is -2.44. The lowest BCUT2D eigenvalue weighted by Gasteiger charge is -2.38. The van der Waals surface area contributed by atoms with Crippen molar-refractivity contribution in [1.29, 1.82) is 0 Å². The summed E-state index contributed by atoms with van der Waals surface area (Å²) >= 11 is 0. The Kier molecular flexibility index (Phi) is 4.42. The molecule has 0 rings (SSSR count). The zero-order valence-electron chi connectivity index (χ0n) is 10.6. The summed E-state index contributed by atoms with van der Waals surface area (Å²) in [5.74, 6) is 3.14. The summed E-state index contributed by atoms with van der Waals surface area (Å²) in [7, 11) is -1.69. The van der Waals surface area contributed by atoms with E-state index in [0.717, 1.165) is 0 Å². The minimum Gasteiger partial charge on any atom is -0.403 e. The summed E-state index contributed by atoms with van der Waals surface area (Å²) in [4.78, 5) is 0. The molecule has 0 radical (unpaired) electrons. The van der Waals surface area contributed by atoms with Crippen molar-refractivity contribution in [1.82, 2.24) is 0 Å². The van der Waals surface area contributed by atoms with Gasteiger partial charge in [-0.05, 0) is 24.1 Å². The zero-order valence-corrected chi connectivity index (χ0v) is 11.6. The summed E-state index contributed by atoms with van der Waals surface area (Å²) in [6.45, 7) is 15.4. The third-order valence-electron chi connectivity index (χ3n) is 3.00. The van der Waals surface area contributed by atoms with Crippen molar-refractivity contribution < 1.29 is 4.43 Å². The molecule has 0 spiro atoms. The highest BCUT2D eigenvalue weighted by Crippen LogP contribution is 2.37. The highest BCUT2D eigenvalue weighted by atomic mass is 28.4. The molecule has 0 N–H and O–H groups in total. The molecule has 0 amide bonds. The molecule has 0 saturated heterocycles. The average molecular weight is 212 g/mol. The van der Waals surface area contributed by atoms with E-state index in [0.29, 0.717) is 5.92 Å². The van der Waals surface area contributed by atoms with Crippen LogP contribution in [0.2, 0.25) is 18.1 Å². The zero-order chi connectivity index (χ0) is 11.6. The molecule has 1 atom stereocenters. The van der Waals surface area contributed by atoms with Crippen LogP contribution in [0, 0.1) is 18.3 Å². The molecule has 0 saturated carbocycles. The first-order chi connectivity index (χ1) is 6.12. The van der Waals surface area contributed by atoms with Crippen molar-refractivity contribution in [3.63, 3.8) is 0 Å². The fourth-order valence-electron chi connectivity index (χ4n) is 0.857. The third kappa shape index (κ3) is 3.47. The van der Waals surface area contributed by atoms with Crippen molar-refractivity contribution in [3.05, 3.63) is 0 Å². The third-order valence-corrected chi connectivity index (χ3v) is 7.45. The largest absolute Gasteiger partial charge is 0.403 e. The fraction of sp³-hybridized carbons (Fsp3) is 0.833. The van der Waals surface area contributed by atoms with E-state index in [1.807, 2.05) is 0 Å². The topological polar surface area (TPSA) is 9.23 Å². The van der Waals surface area contributed by atoms with Crippen molar-refractivity contribution in [3.8, 4) is 12.3 Å². The van der Waals surface area contributed by atoms with E-state index in [4.69, 9.17) is 10.8 Å². The lowest BCUT2D eigenvalue weighted by molar-refractivity contribution is 0.186. The molecule has 0 aliphatic rings. The van der Waals surface area contributed by atoms with E-state index >= 15 is 0 Å². The molecule has 0 bridgehead atoms. The van der Waals surface area contributed by atoms with Gasteiger partial charge in [0, 0.05) is 0 Å². The van der Waals surface area contributed by atoms with Crippen LogP contribution in [-0.2, 0) is 4.43 Å². The molecule has 0 aromatic rings. The SMILES string of the molecule is C#C[C@@H](O[Si](C)(C)C(C)(C)C)C(C)C. The van der Waals surface area contributed by atoms with E-state index in [1.54, 1.807) is 0 Å². The minimum atomic E-state index is -1.69. The van der Waals surface area contributed by atoms with Gasteiger partial charge in [0.25, 0.3) is 0 Å². The van der Waals surface area contributed by atoms with Crippen LogP contribution >= 0.6 is 0 Å². The number of hydrogen-bond donors (Lipinski definition) is 0. The lowest BCUT2D eigenvalue weighted by atomic mass is 10.1. The second kappa shape index (κ2) is 4.50. The minimum absolute atomic E-state index is 0.0316. The van der Waals surface area contributed by atoms with Crippen molar-refractivity contribution >= 4 is 8.32 Å². The second-order valence-electron chi connectivity index (χ2n) is 5.71. The van der Waals surface area contributed by atoms with Gasteiger partial charge in [-0.15, -0.1) is 6.42 Å². The molecule has 0 fully saturated rings. The van der Waals surface area contributed by atoms with Crippen LogP contribution in [-0.4, -0.2) is 14.4 Å². The monoisotopic (exact) mass is 212 g/mol. The van der Waals surface area contributed by atoms with Gasteiger partial charge in [-0.25, -0.2) is 0 Å². The first-order valence-electron chi connectivity index (χ1n) is 5.26. The molecule has 0 aromatic carbocycles. The maximum atomic E-state index is 6.12. The maximum absolute atomic E-state index is 6.12. The Bertz CT molecular complexity index is 217. The predicted molar refractivity (Wildman–Crippen MR) is 65.7 cm³/mol. The maximum Gasteiger partial charge on any atom is 0.193 e. The normalized spacial score (nSPS) is 15.4. The Balaban J connectivity index is 4.59. The predicted octanol–water partition coefficient (Wildman–Crippen LogP) is 3.67. The van der Waals surface area contributed by atoms with Crippen molar-refractivity contribution in [2.24, 2.45) is 5.92 Å². The Hall–Kier alpha value is -0.263. The Morgan fingerprint density at radius 3 is 1.86 bits per heavy atom. The van der Waals surface area contributed by atoms with Gasteiger partial charge in [-0.3, -0.25) is 0 Å². The van der Waals surface area contributed by atoms with Crippen LogP contribution < -0.4 is 0 Å². The summed E-state index contributed by atoms with van der Waals surface area (Å²) < 4.78 is 6.12. The molecule has 2 heteroatoms. The summed E-state index contributed by atoms with van der Waals surface area (Å²) in [5.41, 5.74) is 0. The van der Waals surface area contributed by atoms with Crippen LogP contribution in [0.3, 0.4) is 0 Å². The Labute approximate surface area is 90.4 Å². The van der Waals surface area contributed by atoms with E-state index in [2.05, 4.69) is 53.6 Å². The Morgan fingerprint density at radius 2 is 1.64 bits per heavy atom. The van der Waals surface area contributed by atoms with Gasteiger partial charge in [0.15, 0.2) is 8.32 Å². The van der Waals surface area contributed by atoms with Crippen molar-refractivity contribution in [2.75, 3.05) is 0 Å². The van der Waals surface area contributed by atoms with Gasteiger partial charge >= 0.3 is 0 Å². The van der Waals surface area contributed by atoms with Gasteiger partial charge < -0.3 is 4.43 Å². The Morgan fingerprint density at radius 1 is 1.21 bits per heavy atom. The highest BCUT2D eigenvalue weighted by molar-refractivity contribution is 6.74.